The van der Waals surface area contributed by atoms with Gasteiger partial charge in [-0.3, -0.25) is 0 Å². The van der Waals surface area contributed by atoms with Gasteiger partial charge in [0.1, 0.15) is 11.6 Å². The van der Waals surface area contributed by atoms with Crippen LogP contribution in [0, 0.1) is 11.6 Å². The summed E-state index contributed by atoms with van der Waals surface area (Å²) in [4.78, 5) is 13.5. The number of urea groups is 1. The number of nitrogens with zero attached hydrogens (tertiary/aromatic N) is 1. The molecule has 2 atom stereocenters. The van der Waals surface area contributed by atoms with Crippen LogP contribution in [0.1, 0.15) is 11.5 Å². The zero-order valence-corrected chi connectivity index (χ0v) is 13.3. The van der Waals surface area contributed by atoms with E-state index >= 15 is 4.39 Å². The maximum absolute atomic E-state index is 15.1. The number of halogens is 3. The summed E-state index contributed by atoms with van der Waals surface area (Å²) < 4.78 is 41.5. The summed E-state index contributed by atoms with van der Waals surface area (Å²) in [7, 11) is 0. The van der Waals surface area contributed by atoms with Crippen LogP contribution in [-0.2, 0) is 0 Å². The van der Waals surface area contributed by atoms with Crippen LogP contribution in [0.2, 0.25) is 0 Å². The molecule has 1 fully saturated rings. The topological polar surface area (TPSA) is 52.6 Å². The van der Waals surface area contributed by atoms with Gasteiger partial charge in [-0.1, -0.05) is 30.3 Å². The van der Waals surface area contributed by atoms with Gasteiger partial charge in [0.25, 0.3) is 0 Å². The van der Waals surface area contributed by atoms with Crippen molar-refractivity contribution >= 4 is 11.7 Å². The summed E-state index contributed by atoms with van der Waals surface area (Å²) in [6.45, 7) is -0.998. The number of carbonyl (C=O) groups is 1. The molecule has 0 aliphatic carbocycles. The molecule has 0 spiro atoms. The summed E-state index contributed by atoms with van der Waals surface area (Å²) in [5.41, 5.74) is -1.36. The van der Waals surface area contributed by atoms with Crippen LogP contribution in [0.15, 0.2) is 48.5 Å². The molecule has 1 aliphatic heterocycles. The average molecular weight is 350 g/mol. The molecule has 2 unspecified atom stereocenters. The van der Waals surface area contributed by atoms with E-state index in [1.165, 1.54) is 4.90 Å². The second-order valence-electron chi connectivity index (χ2n) is 6.12. The van der Waals surface area contributed by atoms with Gasteiger partial charge in [-0.25, -0.2) is 18.0 Å². The average Bonchev–Trinajstić information content (AvgIpc) is 2.93. The maximum Gasteiger partial charge on any atom is 0.321 e. The third-order valence-electron chi connectivity index (χ3n) is 4.35. The van der Waals surface area contributed by atoms with Gasteiger partial charge in [0.05, 0.1) is 13.2 Å². The minimum absolute atomic E-state index is 0.0463. The molecule has 2 aromatic carbocycles. The van der Waals surface area contributed by atoms with Crippen LogP contribution >= 0.6 is 0 Å². The van der Waals surface area contributed by atoms with Crippen LogP contribution in [0.5, 0.6) is 0 Å². The van der Waals surface area contributed by atoms with Crippen molar-refractivity contribution in [1.82, 2.24) is 4.90 Å². The van der Waals surface area contributed by atoms with Crippen molar-refractivity contribution in [3.63, 3.8) is 0 Å². The summed E-state index contributed by atoms with van der Waals surface area (Å²) in [5.74, 6) is -2.34. The Hall–Kier alpha value is -2.54. The van der Waals surface area contributed by atoms with Crippen molar-refractivity contribution in [2.75, 3.05) is 25.0 Å². The molecule has 25 heavy (non-hydrogen) atoms. The number of hydrogen-bond donors (Lipinski definition) is 2. The van der Waals surface area contributed by atoms with Gasteiger partial charge in [-0.15, -0.1) is 0 Å². The number of aliphatic hydroxyl groups is 1. The Morgan fingerprint density at radius 2 is 1.84 bits per heavy atom. The highest BCUT2D eigenvalue weighted by atomic mass is 19.1. The number of aliphatic hydroxyl groups excluding tert-OH is 1. The minimum Gasteiger partial charge on any atom is -0.393 e. The molecule has 0 bridgehead atoms. The zero-order valence-electron chi connectivity index (χ0n) is 13.3. The van der Waals surface area contributed by atoms with Crippen molar-refractivity contribution < 1.29 is 23.1 Å². The lowest BCUT2D eigenvalue weighted by Crippen LogP contribution is -2.39. The smallest absolute Gasteiger partial charge is 0.321 e. The highest BCUT2D eigenvalue weighted by Gasteiger charge is 2.49. The van der Waals surface area contributed by atoms with Crippen LogP contribution < -0.4 is 5.32 Å². The van der Waals surface area contributed by atoms with Crippen LogP contribution in [0.4, 0.5) is 23.7 Å². The second-order valence-corrected chi connectivity index (χ2v) is 6.12. The highest BCUT2D eigenvalue weighted by molar-refractivity contribution is 5.89. The Kier molecular flexibility index (Phi) is 4.67. The molecule has 3 rings (SSSR count). The van der Waals surface area contributed by atoms with Gasteiger partial charge in [0.2, 0.25) is 0 Å². The zero-order chi connectivity index (χ0) is 18.0. The first kappa shape index (κ1) is 17.3. The molecule has 7 heteroatoms. The van der Waals surface area contributed by atoms with Crippen molar-refractivity contribution in [2.45, 2.75) is 11.6 Å². The van der Waals surface area contributed by atoms with E-state index in [-0.39, 0.29) is 18.8 Å². The summed E-state index contributed by atoms with van der Waals surface area (Å²) in [5, 5.41) is 11.8. The normalized spacial score (nSPS) is 22.9. The number of benzene rings is 2. The predicted octanol–water partition coefficient (Wildman–Crippen LogP) is 3.30. The Balaban J connectivity index is 1.78. The van der Waals surface area contributed by atoms with E-state index in [4.69, 9.17) is 0 Å². The van der Waals surface area contributed by atoms with Crippen molar-refractivity contribution in [3.05, 3.63) is 65.7 Å². The molecule has 1 heterocycles. The van der Waals surface area contributed by atoms with Gasteiger partial charge in [-0.2, -0.15) is 0 Å². The van der Waals surface area contributed by atoms with Crippen LogP contribution in [-0.4, -0.2) is 41.4 Å². The molecular weight excluding hydrogens is 333 g/mol. The van der Waals surface area contributed by atoms with E-state index in [0.717, 1.165) is 12.1 Å². The third kappa shape index (κ3) is 3.61. The fourth-order valence-electron chi connectivity index (χ4n) is 3.11. The number of amides is 2. The van der Waals surface area contributed by atoms with Gasteiger partial charge < -0.3 is 15.3 Å². The van der Waals surface area contributed by atoms with E-state index in [1.54, 1.807) is 30.3 Å². The van der Waals surface area contributed by atoms with Crippen molar-refractivity contribution in [3.8, 4) is 0 Å². The lowest BCUT2D eigenvalue weighted by atomic mass is 9.87. The molecule has 2 amide bonds. The molecular formula is C18H17F3N2O2. The lowest BCUT2D eigenvalue weighted by Gasteiger charge is -2.23. The van der Waals surface area contributed by atoms with Gasteiger partial charge in [0.15, 0.2) is 5.67 Å². The fraction of sp³-hybridized carbons (Fsp3) is 0.278. The number of nitrogens with one attached hydrogen (secondary N) is 1. The quantitative estimate of drug-likeness (QED) is 0.892. The number of carbonyl (C=O) groups excluding carboxylic acids is 1. The minimum atomic E-state index is -1.98. The fourth-order valence-corrected chi connectivity index (χ4v) is 3.11. The Morgan fingerprint density at radius 1 is 1.20 bits per heavy atom. The lowest BCUT2D eigenvalue weighted by molar-refractivity contribution is 0.0680. The van der Waals surface area contributed by atoms with Crippen molar-refractivity contribution in [2.24, 2.45) is 0 Å². The van der Waals surface area contributed by atoms with Gasteiger partial charge in [-0.05, 0) is 17.7 Å². The number of likely N-dealkylation sites (tertiary alicyclic amines) is 1. The number of alkyl halides is 1. The first-order chi connectivity index (χ1) is 11.9. The second kappa shape index (κ2) is 6.76. The Morgan fingerprint density at radius 3 is 2.44 bits per heavy atom. The molecule has 2 aromatic rings. The number of anilines is 1. The summed E-state index contributed by atoms with van der Waals surface area (Å²) in [6.07, 6.45) is 0. The van der Waals surface area contributed by atoms with Gasteiger partial charge in [0, 0.05) is 24.2 Å². The maximum atomic E-state index is 15.1. The van der Waals surface area contributed by atoms with Crippen LogP contribution in [0.25, 0.3) is 0 Å². The Labute approximate surface area is 142 Å². The molecule has 0 saturated carbocycles. The van der Waals surface area contributed by atoms with E-state index in [2.05, 4.69) is 5.32 Å². The highest BCUT2D eigenvalue weighted by Crippen LogP contribution is 2.39. The van der Waals surface area contributed by atoms with Crippen molar-refractivity contribution in [1.29, 1.82) is 0 Å². The van der Waals surface area contributed by atoms with E-state index in [0.29, 0.717) is 11.6 Å². The molecule has 1 aliphatic rings. The molecule has 4 nitrogen and oxygen atoms in total. The summed E-state index contributed by atoms with van der Waals surface area (Å²) >= 11 is 0. The number of hydrogen-bond acceptors (Lipinski definition) is 2. The molecule has 0 aromatic heterocycles. The number of rotatable bonds is 3. The first-order valence-electron chi connectivity index (χ1n) is 7.78. The Bertz CT molecular complexity index is 752. The SMILES string of the molecule is O=C(Nc1cc(F)cc(F)c1)N1CC(c2ccccc2)C(F)(CO)C1. The first-order valence-corrected chi connectivity index (χ1v) is 7.78. The third-order valence-corrected chi connectivity index (χ3v) is 4.35. The standard InChI is InChI=1S/C18H17F3N2O2/c19-13-6-14(20)8-15(7-13)22-17(25)23-9-16(18(21,10-23)11-24)12-4-2-1-3-5-12/h1-8,16,24H,9-11H2,(H,22,25). The molecule has 0 radical (unpaired) electrons. The summed E-state index contributed by atoms with van der Waals surface area (Å²) in [6, 6.07) is 10.7. The van der Waals surface area contributed by atoms with Gasteiger partial charge >= 0.3 is 6.03 Å². The molecule has 132 valence electrons. The van der Waals surface area contributed by atoms with E-state index in [1.807, 2.05) is 0 Å². The van der Waals surface area contributed by atoms with E-state index < -0.39 is 35.9 Å². The predicted molar refractivity (Wildman–Crippen MR) is 87.1 cm³/mol. The molecule has 2 N–H and O–H groups in total. The monoisotopic (exact) mass is 350 g/mol. The van der Waals surface area contributed by atoms with Crippen LogP contribution in [0.3, 0.4) is 0 Å². The van der Waals surface area contributed by atoms with E-state index in [9.17, 15) is 18.7 Å². The molecule has 1 saturated heterocycles. The largest absolute Gasteiger partial charge is 0.393 e.